The van der Waals surface area contributed by atoms with Crippen molar-refractivity contribution >= 4 is 21.9 Å². The number of hydrogen-bond acceptors (Lipinski definition) is 2. The van der Waals surface area contributed by atoms with Crippen LogP contribution in [-0.2, 0) is 0 Å². The minimum atomic E-state index is -1.06. The van der Waals surface area contributed by atoms with Gasteiger partial charge in [0.2, 0.25) is 0 Å². The molecule has 0 aliphatic rings. The zero-order valence-corrected chi connectivity index (χ0v) is 7.92. The standard InChI is InChI=1S/C8H7BrO3/c1-4-2-3-5(8(11)12)6(9)7(4)10/h2-3,10H,1H3,(H,11,12). The summed E-state index contributed by atoms with van der Waals surface area (Å²) in [5.41, 5.74) is 0.713. The van der Waals surface area contributed by atoms with Crippen molar-refractivity contribution in [2.75, 3.05) is 0 Å². The Hall–Kier alpha value is -1.03. The predicted octanol–water partition coefficient (Wildman–Crippen LogP) is 2.16. The van der Waals surface area contributed by atoms with E-state index in [1.807, 2.05) is 0 Å². The van der Waals surface area contributed by atoms with Crippen LogP contribution in [0.3, 0.4) is 0 Å². The Labute approximate surface area is 77.8 Å². The van der Waals surface area contributed by atoms with Crippen molar-refractivity contribution in [2.24, 2.45) is 0 Å². The highest BCUT2D eigenvalue weighted by atomic mass is 79.9. The predicted molar refractivity (Wildman–Crippen MR) is 47.5 cm³/mol. The molecule has 0 heterocycles. The SMILES string of the molecule is Cc1ccc(C(=O)O)c(Br)c1O. The summed E-state index contributed by atoms with van der Waals surface area (Å²) in [4.78, 5) is 10.5. The molecule has 0 aliphatic heterocycles. The van der Waals surface area contributed by atoms with Crippen LogP contribution in [0.15, 0.2) is 16.6 Å². The van der Waals surface area contributed by atoms with Gasteiger partial charge in [-0.3, -0.25) is 0 Å². The fourth-order valence-electron chi connectivity index (χ4n) is 0.826. The molecular formula is C8H7BrO3. The van der Waals surface area contributed by atoms with Crippen LogP contribution in [0.25, 0.3) is 0 Å². The minimum absolute atomic E-state index is 0.0186. The van der Waals surface area contributed by atoms with Crippen LogP contribution in [0.5, 0.6) is 5.75 Å². The largest absolute Gasteiger partial charge is 0.506 e. The zero-order chi connectivity index (χ0) is 9.30. The van der Waals surface area contributed by atoms with E-state index in [0.717, 1.165) is 0 Å². The highest BCUT2D eigenvalue weighted by Crippen LogP contribution is 2.30. The summed E-state index contributed by atoms with van der Waals surface area (Å²) in [5.74, 6) is -1.08. The lowest BCUT2D eigenvalue weighted by Crippen LogP contribution is -1.97. The van der Waals surface area contributed by atoms with Crippen molar-refractivity contribution in [3.05, 3.63) is 27.7 Å². The van der Waals surface area contributed by atoms with Crippen LogP contribution < -0.4 is 0 Å². The Balaban J connectivity index is 3.36. The molecule has 0 saturated heterocycles. The smallest absolute Gasteiger partial charge is 0.336 e. The first-order chi connectivity index (χ1) is 5.54. The molecule has 64 valence electrons. The lowest BCUT2D eigenvalue weighted by atomic mass is 10.1. The Morgan fingerprint density at radius 2 is 2.08 bits per heavy atom. The van der Waals surface area contributed by atoms with Gasteiger partial charge in [0.15, 0.2) is 0 Å². The molecule has 0 aliphatic carbocycles. The van der Waals surface area contributed by atoms with Gasteiger partial charge in [0.25, 0.3) is 0 Å². The third-order valence-electron chi connectivity index (χ3n) is 1.55. The Kier molecular flexibility index (Phi) is 2.38. The van der Waals surface area contributed by atoms with Gasteiger partial charge in [-0.15, -0.1) is 0 Å². The van der Waals surface area contributed by atoms with Crippen LogP contribution in [0, 0.1) is 6.92 Å². The average Bonchev–Trinajstić information content (AvgIpc) is 2.00. The second kappa shape index (κ2) is 3.15. The molecule has 2 N–H and O–H groups in total. The molecule has 12 heavy (non-hydrogen) atoms. The van der Waals surface area contributed by atoms with Crippen LogP contribution in [0.4, 0.5) is 0 Å². The normalized spacial score (nSPS) is 9.83. The Morgan fingerprint density at radius 1 is 1.50 bits per heavy atom. The van der Waals surface area contributed by atoms with Crippen molar-refractivity contribution < 1.29 is 15.0 Å². The maximum absolute atomic E-state index is 10.5. The molecule has 0 fully saturated rings. The fraction of sp³-hybridized carbons (Fsp3) is 0.125. The quantitative estimate of drug-likeness (QED) is 0.778. The van der Waals surface area contributed by atoms with Crippen LogP contribution >= 0.6 is 15.9 Å². The number of phenolic OH excluding ortho intramolecular Hbond substituents is 1. The number of carboxylic acid groups (broad SMARTS) is 1. The number of aryl methyl sites for hydroxylation is 1. The zero-order valence-electron chi connectivity index (χ0n) is 6.34. The maximum atomic E-state index is 10.5. The minimum Gasteiger partial charge on any atom is -0.506 e. The molecule has 0 radical (unpaired) electrons. The molecule has 0 aromatic heterocycles. The van der Waals surface area contributed by atoms with E-state index in [1.165, 1.54) is 6.07 Å². The number of rotatable bonds is 1. The monoisotopic (exact) mass is 230 g/mol. The Morgan fingerprint density at radius 3 is 2.58 bits per heavy atom. The van der Waals surface area contributed by atoms with Crippen molar-refractivity contribution in [3.63, 3.8) is 0 Å². The number of phenols is 1. The van der Waals surface area contributed by atoms with Crippen molar-refractivity contribution in [2.45, 2.75) is 6.92 Å². The summed E-state index contributed by atoms with van der Waals surface area (Å²) < 4.78 is 0.231. The molecule has 3 nitrogen and oxygen atoms in total. The third kappa shape index (κ3) is 1.43. The van der Waals surface area contributed by atoms with Gasteiger partial charge in [0, 0.05) is 0 Å². The van der Waals surface area contributed by atoms with Crippen LogP contribution in [-0.4, -0.2) is 16.2 Å². The van der Waals surface area contributed by atoms with E-state index in [4.69, 9.17) is 5.11 Å². The summed E-state index contributed by atoms with van der Waals surface area (Å²) in [5, 5.41) is 18.0. The van der Waals surface area contributed by atoms with Crippen molar-refractivity contribution in [3.8, 4) is 5.75 Å². The van der Waals surface area contributed by atoms with Crippen molar-refractivity contribution in [1.82, 2.24) is 0 Å². The lowest BCUT2D eigenvalue weighted by Gasteiger charge is -2.03. The second-order valence-corrected chi connectivity index (χ2v) is 3.19. The fourth-order valence-corrected chi connectivity index (χ4v) is 1.44. The van der Waals surface area contributed by atoms with Gasteiger partial charge in [-0.2, -0.15) is 0 Å². The molecule has 1 aromatic carbocycles. The molecule has 1 aromatic rings. The van der Waals surface area contributed by atoms with Crippen molar-refractivity contribution in [1.29, 1.82) is 0 Å². The van der Waals surface area contributed by atoms with E-state index in [-0.39, 0.29) is 15.8 Å². The van der Waals surface area contributed by atoms with Gasteiger partial charge in [-0.05, 0) is 34.5 Å². The summed E-state index contributed by atoms with van der Waals surface area (Å²) in [6.07, 6.45) is 0. The number of hydrogen-bond donors (Lipinski definition) is 2. The van der Waals surface area contributed by atoms with E-state index < -0.39 is 5.97 Å². The number of benzene rings is 1. The summed E-state index contributed by atoms with van der Waals surface area (Å²) >= 11 is 3.00. The van der Waals surface area contributed by atoms with Gasteiger partial charge in [0.1, 0.15) is 5.75 Å². The molecule has 0 bridgehead atoms. The van der Waals surface area contributed by atoms with Crippen LogP contribution in [0.2, 0.25) is 0 Å². The highest BCUT2D eigenvalue weighted by molar-refractivity contribution is 9.10. The highest BCUT2D eigenvalue weighted by Gasteiger charge is 2.12. The first-order valence-corrected chi connectivity index (χ1v) is 4.04. The number of halogens is 1. The summed E-state index contributed by atoms with van der Waals surface area (Å²) in [6.45, 7) is 1.70. The van der Waals surface area contributed by atoms with Gasteiger partial charge in [-0.25, -0.2) is 4.79 Å². The molecule has 1 rings (SSSR count). The number of carboxylic acids is 1. The molecule has 0 atom stereocenters. The number of aromatic carboxylic acids is 1. The Bertz CT molecular complexity index is 333. The van der Waals surface area contributed by atoms with Gasteiger partial charge in [0.05, 0.1) is 10.0 Å². The molecule has 0 amide bonds. The maximum Gasteiger partial charge on any atom is 0.336 e. The molecular weight excluding hydrogens is 224 g/mol. The van der Waals surface area contributed by atoms with E-state index in [2.05, 4.69) is 15.9 Å². The molecule has 0 unspecified atom stereocenters. The lowest BCUT2D eigenvalue weighted by molar-refractivity contribution is 0.0695. The van der Waals surface area contributed by atoms with Gasteiger partial charge < -0.3 is 10.2 Å². The third-order valence-corrected chi connectivity index (χ3v) is 2.35. The first-order valence-electron chi connectivity index (χ1n) is 3.25. The van der Waals surface area contributed by atoms with E-state index >= 15 is 0 Å². The van der Waals surface area contributed by atoms with Gasteiger partial charge in [-0.1, -0.05) is 6.07 Å². The van der Waals surface area contributed by atoms with E-state index in [0.29, 0.717) is 5.56 Å². The molecule has 0 saturated carbocycles. The second-order valence-electron chi connectivity index (χ2n) is 2.40. The topological polar surface area (TPSA) is 57.5 Å². The molecule has 4 heteroatoms. The average molecular weight is 231 g/mol. The van der Waals surface area contributed by atoms with E-state index in [1.54, 1.807) is 13.0 Å². The first kappa shape index (κ1) is 9.06. The number of carbonyl (C=O) groups is 1. The summed E-state index contributed by atoms with van der Waals surface area (Å²) in [6, 6.07) is 3.00. The van der Waals surface area contributed by atoms with Gasteiger partial charge >= 0.3 is 5.97 Å². The number of aromatic hydroxyl groups is 1. The van der Waals surface area contributed by atoms with E-state index in [9.17, 15) is 9.90 Å². The summed E-state index contributed by atoms with van der Waals surface area (Å²) in [7, 11) is 0. The molecule has 0 spiro atoms. The van der Waals surface area contributed by atoms with Crippen LogP contribution in [0.1, 0.15) is 15.9 Å².